The van der Waals surface area contributed by atoms with E-state index in [0.717, 1.165) is 5.56 Å². The molecule has 1 aliphatic rings. The van der Waals surface area contributed by atoms with Crippen molar-refractivity contribution in [2.24, 2.45) is 0 Å². The van der Waals surface area contributed by atoms with Crippen LogP contribution in [0.4, 0.5) is 0 Å². The number of hydrogen-bond acceptors (Lipinski definition) is 2. The first-order valence-corrected chi connectivity index (χ1v) is 8.23. The second kappa shape index (κ2) is 4.74. The molecule has 0 bridgehead atoms. The average Bonchev–Trinajstić information content (AvgIpc) is 2.50. The molecule has 0 aliphatic carbocycles. The van der Waals surface area contributed by atoms with E-state index >= 15 is 0 Å². The van der Waals surface area contributed by atoms with E-state index < -0.39 is 6.87 Å². The molecule has 1 aliphatic heterocycles. The molecular weight excluding hydrogens is 257 g/mol. The molecule has 0 N–H and O–H groups in total. The van der Waals surface area contributed by atoms with Crippen molar-refractivity contribution in [3.05, 3.63) is 35.9 Å². The summed E-state index contributed by atoms with van der Waals surface area (Å²) in [5, 5.41) is 0. The summed E-state index contributed by atoms with van der Waals surface area (Å²) in [5.74, 6) is 0. The van der Waals surface area contributed by atoms with Gasteiger partial charge in [0.1, 0.15) is 6.10 Å². The molecule has 0 spiro atoms. The molecule has 1 saturated heterocycles. The number of halogens is 1. The van der Waals surface area contributed by atoms with E-state index in [-0.39, 0.29) is 18.2 Å². The summed E-state index contributed by atoms with van der Waals surface area (Å²) in [6.07, 6.45) is -0.220. The summed E-state index contributed by atoms with van der Waals surface area (Å²) < 4.78 is 19.6. The lowest BCUT2D eigenvalue weighted by Crippen LogP contribution is -2.32. The molecule has 94 valence electrons. The zero-order chi connectivity index (χ0) is 12.6. The highest BCUT2D eigenvalue weighted by Gasteiger charge is 2.48. The van der Waals surface area contributed by atoms with Crippen LogP contribution in [0.15, 0.2) is 30.3 Å². The van der Waals surface area contributed by atoms with Gasteiger partial charge in [0.25, 0.3) is 0 Å². The van der Waals surface area contributed by atoms with E-state index in [9.17, 15) is 4.57 Å². The molecule has 5 heteroatoms. The second-order valence-electron chi connectivity index (χ2n) is 4.60. The first-order valence-electron chi connectivity index (χ1n) is 5.75. The molecule has 1 aromatic rings. The molecule has 1 aromatic carbocycles. The van der Waals surface area contributed by atoms with Gasteiger partial charge in [0, 0.05) is 12.1 Å². The molecule has 2 rings (SSSR count). The molecule has 1 heterocycles. The summed E-state index contributed by atoms with van der Waals surface area (Å²) >= 11 is 6.03. The third-order valence-electron chi connectivity index (χ3n) is 3.03. The lowest BCUT2D eigenvalue weighted by Gasteiger charge is -2.26. The monoisotopic (exact) mass is 273 g/mol. The van der Waals surface area contributed by atoms with Gasteiger partial charge in [0.05, 0.1) is 0 Å². The Kier molecular flexibility index (Phi) is 3.65. The van der Waals surface area contributed by atoms with Crippen molar-refractivity contribution in [1.82, 2.24) is 4.67 Å². The molecule has 17 heavy (non-hydrogen) atoms. The summed E-state index contributed by atoms with van der Waals surface area (Å²) in [6, 6.07) is 9.90. The maximum Gasteiger partial charge on any atom is 0.364 e. The number of benzene rings is 1. The lowest BCUT2D eigenvalue weighted by molar-refractivity contribution is 0.198. The van der Waals surface area contributed by atoms with Gasteiger partial charge in [0.15, 0.2) is 0 Å². The van der Waals surface area contributed by atoms with E-state index in [1.165, 1.54) is 0 Å². The van der Waals surface area contributed by atoms with E-state index in [0.29, 0.717) is 0 Å². The fraction of sp³-hybridized carbons (Fsp3) is 0.500. The average molecular weight is 274 g/mol. The van der Waals surface area contributed by atoms with Crippen LogP contribution in [0, 0.1) is 0 Å². The fourth-order valence-electron chi connectivity index (χ4n) is 2.37. The molecule has 0 amide bonds. The van der Waals surface area contributed by atoms with Crippen molar-refractivity contribution in [3.8, 4) is 0 Å². The second-order valence-corrected chi connectivity index (χ2v) is 7.46. The molecule has 1 fully saturated rings. The van der Waals surface area contributed by atoms with Crippen molar-refractivity contribution >= 4 is 18.1 Å². The maximum absolute atomic E-state index is 12.2. The van der Waals surface area contributed by atoms with Crippen LogP contribution >= 0.6 is 18.1 Å². The first-order chi connectivity index (χ1) is 7.93. The van der Waals surface area contributed by atoms with Crippen LogP contribution in [0.25, 0.3) is 0 Å². The Morgan fingerprint density at radius 3 is 2.41 bits per heavy atom. The molecule has 3 atom stereocenters. The minimum absolute atomic E-state index is 0.0146. The molecule has 0 radical (unpaired) electrons. The van der Waals surface area contributed by atoms with E-state index in [1.807, 2.05) is 51.1 Å². The molecule has 0 unspecified atom stereocenters. The van der Waals surface area contributed by atoms with Crippen molar-refractivity contribution in [2.45, 2.75) is 39.0 Å². The largest absolute Gasteiger partial charge is 0.364 e. The van der Waals surface area contributed by atoms with E-state index in [2.05, 4.69) is 0 Å². The Balaban J connectivity index is 2.32. The SMILES string of the molecule is CC(C)N1[C@H](C)[C@@H](c2ccccc2)O[P@@]1(=O)Cl. The molecule has 0 saturated carbocycles. The highest BCUT2D eigenvalue weighted by molar-refractivity contribution is 7.83. The summed E-state index contributed by atoms with van der Waals surface area (Å²) in [6.45, 7) is 2.77. The van der Waals surface area contributed by atoms with Crippen LogP contribution in [0.2, 0.25) is 0 Å². The Morgan fingerprint density at radius 2 is 1.94 bits per heavy atom. The van der Waals surface area contributed by atoms with Crippen molar-refractivity contribution in [1.29, 1.82) is 0 Å². The van der Waals surface area contributed by atoms with Crippen LogP contribution in [-0.4, -0.2) is 16.8 Å². The van der Waals surface area contributed by atoms with Crippen LogP contribution in [0.5, 0.6) is 0 Å². The fourth-order valence-corrected chi connectivity index (χ4v) is 5.36. The first kappa shape index (κ1) is 13.1. The van der Waals surface area contributed by atoms with Gasteiger partial charge in [-0.05, 0) is 37.6 Å². The third kappa shape index (κ3) is 2.43. The van der Waals surface area contributed by atoms with Crippen molar-refractivity contribution in [2.75, 3.05) is 0 Å². The predicted molar refractivity (Wildman–Crippen MR) is 70.2 cm³/mol. The molecule has 0 aromatic heterocycles. The highest BCUT2D eigenvalue weighted by atomic mass is 35.7. The van der Waals surface area contributed by atoms with Gasteiger partial charge in [-0.25, -0.2) is 4.67 Å². The Labute approximate surface area is 107 Å². The van der Waals surface area contributed by atoms with Crippen LogP contribution in [0.1, 0.15) is 32.4 Å². The Hall–Kier alpha value is -0.340. The van der Waals surface area contributed by atoms with Gasteiger partial charge < -0.3 is 0 Å². The van der Waals surface area contributed by atoms with Crippen molar-refractivity contribution in [3.63, 3.8) is 0 Å². The predicted octanol–water partition coefficient (Wildman–Crippen LogP) is 4.20. The highest BCUT2D eigenvalue weighted by Crippen LogP contribution is 2.67. The Bertz CT molecular complexity index is 437. The van der Waals surface area contributed by atoms with Gasteiger partial charge in [0.2, 0.25) is 0 Å². The zero-order valence-corrected chi connectivity index (χ0v) is 11.9. The van der Waals surface area contributed by atoms with Gasteiger partial charge in [-0.2, -0.15) is 0 Å². The minimum Gasteiger partial charge on any atom is -0.296 e. The van der Waals surface area contributed by atoms with E-state index in [1.54, 1.807) is 4.67 Å². The smallest absolute Gasteiger partial charge is 0.296 e. The molecule has 3 nitrogen and oxygen atoms in total. The normalized spacial score (nSPS) is 34.4. The Morgan fingerprint density at radius 1 is 1.35 bits per heavy atom. The van der Waals surface area contributed by atoms with Gasteiger partial charge >= 0.3 is 6.87 Å². The lowest BCUT2D eigenvalue weighted by atomic mass is 10.0. The number of hydrogen-bond donors (Lipinski definition) is 0. The van der Waals surface area contributed by atoms with Crippen LogP contribution in [-0.2, 0) is 9.09 Å². The minimum atomic E-state index is -3.18. The maximum atomic E-state index is 12.2. The zero-order valence-electron chi connectivity index (χ0n) is 10.2. The van der Waals surface area contributed by atoms with Crippen molar-refractivity contribution < 1.29 is 9.09 Å². The number of nitrogens with zero attached hydrogens (tertiary/aromatic N) is 1. The van der Waals surface area contributed by atoms with Gasteiger partial charge in [-0.1, -0.05) is 30.3 Å². The third-order valence-corrected chi connectivity index (χ3v) is 5.66. The topological polar surface area (TPSA) is 29.5 Å². The summed E-state index contributed by atoms with van der Waals surface area (Å²) in [7, 11) is 0. The van der Waals surface area contributed by atoms with E-state index in [4.69, 9.17) is 15.8 Å². The molecular formula is C12H17ClNO2P. The quantitative estimate of drug-likeness (QED) is 0.756. The van der Waals surface area contributed by atoms with Gasteiger partial charge in [-0.15, -0.1) is 0 Å². The summed E-state index contributed by atoms with van der Waals surface area (Å²) in [5.41, 5.74) is 1.02. The standard InChI is InChI=1S/C12H17ClNO2P/c1-9(2)14-10(3)12(16-17(14,13)15)11-7-5-4-6-8-11/h4-10,12H,1-3H3/t10-,12+,17+/m1/s1. The number of rotatable bonds is 2. The summed E-state index contributed by atoms with van der Waals surface area (Å²) in [4.78, 5) is 0. The van der Waals surface area contributed by atoms with Crippen LogP contribution in [0.3, 0.4) is 0 Å². The van der Waals surface area contributed by atoms with Crippen LogP contribution < -0.4 is 0 Å². The van der Waals surface area contributed by atoms with Gasteiger partial charge in [-0.3, -0.25) is 9.09 Å².